The third kappa shape index (κ3) is 3.04. The molecule has 1 aromatic rings. The number of nitrogens with zero attached hydrogens (tertiary/aromatic N) is 3. The number of aliphatic hydroxyl groups excluding tert-OH is 2. The molecule has 6 nitrogen and oxygen atoms in total. The van der Waals surface area contributed by atoms with Gasteiger partial charge in [-0.2, -0.15) is 18.3 Å². The van der Waals surface area contributed by atoms with Crippen molar-refractivity contribution in [2.45, 2.75) is 24.9 Å². The van der Waals surface area contributed by atoms with Crippen molar-refractivity contribution in [3.8, 4) is 0 Å². The molecule has 2 heterocycles. The fraction of sp³-hybridized carbons (Fsp3) is 0.600. The van der Waals surface area contributed by atoms with Gasteiger partial charge in [-0.15, -0.1) is 0 Å². The quantitative estimate of drug-likeness (QED) is 0.762. The Morgan fingerprint density at radius 1 is 1.37 bits per heavy atom. The molecule has 1 aromatic heterocycles. The lowest BCUT2D eigenvalue weighted by Crippen LogP contribution is -2.33. The van der Waals surface area contributed by atoms with Gasteiger partial charge < -0.3 is 15.1 Å². The molecule has 1 amide bonds. The number of alkyl halides is 3. The van der Waals surface area contributed by atoms with E-state index in [4.69, 9.17) is 0 Å². The minimum absolute atomic E-state index is 0.0343. The third-order valence-electron chi connectivity index (χ3n) is 2.84. The number of carbonyl (C=O) groups excluding carboxylic acids is 1. The second-order valence-electron chi connectivity index (χ2n) is 4.33. The van der Waals surface area contributed by atoms with E-state index in [1.165, 1.54) is 4.90 Å². The van der Waals surface area contributed by atoms with E-state index < -0.39 is 30.0 Å². The smallest absolute Gasteiger partial charge is 0.388 e. The summed E-state index contributed by atoms with van der Waals surface area (Å²) in [5, 5.41) is 21.8. The maximum atomic E-state index is 12.3. The minimum atomic E-state index is -4.55. The van der Waals surface area contributed by atoms with Crippen molar-refractivity contribution in [1.29, 1.82) is 0 Å². The summed E-state index contributed by atoms with van der Waals surface area (Å²) in [6, 6.07) is 0.779. The highest BCUT2D eigenvalue weighted by molar-refractivity contribution is 5.76. The Hall–Kier alpha value is -1.61. The second-order valence-corrected chi connectivity index (χ2v) is 4.33. The van der Waals surface area contributed by atoms with Gasteiger partial charge in [0, 0.05) is 19.3 Å². The summed E-state index contributed by atoms with van der Waals surface area (Å²) in [5.41, 5.74) is -1.07. The molecule has 2 atom stereocenters. The molecule has 19 heavy (non-hydrogen) atoms. The average Bonchev–Trinajstić information content (AvgIpc) is 2.86. The lowest BCUT2D eigenvalue weighted by Gasteiger charge is -2.15. The molecular formula is C10H12F3N3O3. The first-order valence-electron chi connectivity index (χ1n) is 5.52. The molecule has 0 aromatic carbocycles. The lowest BCUT2D eigenvalue weighted by atomic mass is 10.3. The number of likely N-dealkylation sites (tertiary alicyclic amines) is 1. The molecule has 1 saturated heterocycles. The first kappa shape index (κ1) is 13.8. The standard InChI is InChI=1S/C10H12F3N3O3/c11-10(12,13)8-1-2-16(14-8)5-9(19)15-3-6(17)7(18)4-15/h1-2,6-7,17-18H,3-5H2. The predicted molar refractivity (Wildman–Crippen MR) is 55.8 cm³/mol. The molecule has 1 aliphatic rings. The molecule has 106 valence electrons. The molecule has 2 rings (SSSR count). The van der Waals surface area contributed by atoms with Crippen LogP contribution in [0.5, 0.6) is 0 Å². The summed E-state index contributed by atoms with van der Waals surface area (Å²) in [6.45, 7) is -0.434. The van der Waals surface area contributed by atoms with Gasteiger partial charge in [0.25, 0.3) is 0 Å². The highest BCUT2D eigenvalue weighted by Gasteiger charge is 2.35. The molecule has 0 saturated carbocycles. The van der Waals surface area contributed by atoms with Crippen molar-refractivity contribution in [2.75, 3.05) is 13.1 Å². The second kappa shape index (κ2) is 4.82. The van der Waals surface area contributed by atoms with Crippen LogP contribution >= 0.6 is 0 Å². The number of amides is 1. The number of hydrogen-bond donors (Lipinski definition) is 2. The minimum Gasteiger partial charge on any atom is -0.388 e. The number of aromatic nitrogens is 2. The van der Waals surface area contributed by atoms with Gasteiger partial charge in [0.15, 0.2) is 5.69 Å². The molecule has 1 fully saturated rings. The molecule has 0 aliphatic carbocycles. The Kier molecular flexibility index (Phi) is 3.50. The number of rotatable bonds is 2. The van der Waals surface area contributed by atoms with E-state index in [1.54, 1.807) is 0 Å². The van der Waals surface area contributed by atoms with Crippen LogP contribution in [0.15, 0.2) is 12.3 Å². The van der Waals surface area contributed by atoms with Crippen molar-refractivity contribution >= 4 is 5.91 Å². The van der Waals surface area contributed by atoms with E-state index in [9.17, 15) is 28.2 Å². The van der Waals surface area contributed by atoms with Crippen LogP contribution in [0.2, 0.25) is 0 Å². The van der Waals surface area contributed by atoms with Gasteiger partial charge in [0.05, 0.1) is 12.2 Å². The van der Waals surface area contributed by atoms with E-state index in [1.807, 2.05) is 0 Å². The molecule has 2 N–H and O–H groups in total. The molecule has 0 spiro atoms. The molecule has 2 unspecified atom stereocenters. The first-order valence-corrected chi connectivity index (χ1v) is 5.52. The summed E-state index contributed by atoms with van der Waals surface area (Å²) < 4.78 is 37.8. The topological polar surface area (TPSA) is 78.6 Å². The predicted octanol–water partition coefficient (Wildman–Crippen LogP) is -0.534. The SMILES string of the molecule is O=C(Cn1ccc(C(F)(F)F)n1)N1CC(O)C(O)C1. The van der Waals surface area contributed by atoms with Crippen LogP contribution in [0.1, 0.15) is 5.69 Å². The van der Waals surface area contributed by atoms with E-state index in [-0.39, 0.29) is 19.6 Å². The first-order chi connectivity index (χ1) is 8.77. The van der Waals surface area contributed by atoms with Gasteiger partial charge in [-0.3, -0.25) is 9.48 Å². The lowest BCUT2D eigenvalue weighted by molar-refractivity contribution is -0.142. The van der Waals surface area contributed by atoms with Crippen LogP contribution in [0, 0.1) is 0 Å². The largest absolute Gasteiger partial charge is 0.435 e. The van der Waals surface area contributed by atoms with Crippen molar-refractivity contribution < 1.29 is 28.2 Å². The van der Waals surface area contributed by atoms with E-state index >= 15 is 0 Å². The zero-order chi connectivity index (χ0) is 14.2. The summed E-state index contributed by atoms with van der Waals surface area (Å²) in [5.74, 6) is -0.507. The normalized spacial score (nSPS) is 23.9. The summed E-state index contributed by atoms with van der Waals surface area (Å²) in [6.07, 6.45) is -5.53. The molecule has 1 aliphatic heterocycles. The number of halogens is 3. The van der Waals surface area contributed by atoms with Crippen molar-refractivity contribution in [1.82, 2.24) is 14.7 Å². The van der Waals surface area contributed by atoms with Crippen LogP contribution < -0.4 is 0 Å². The van der Waals surface area contributed by atoms with Gasteiger partial charge in [-0.25, -0.2) is 0 Å². The Morgan fingerprint density at radius 2 is 1.95 bits per heavy atom. The molecular weight excluding hydrogens is 267 g/mol. The third-order valence-corrected chi connectivity index (χ3v) is 2.84. The van der Waals surface area contributed by atoms with Crippen LogP contribution in [-0.4, -0.2) is 56.1 Å². The fourth-order valence-electron chi connectivity index (χ4n) is 1.81. The zero-order valence-corrected chi connectivity index (χ0v) is 9.71. The van der Waals surface area contributed by atoms with Crippen LogP contribution in [0.25, 0.3) is 0 Å². The number of aliphatic hydroxyl groups is 2. The Morgan fingerprint density at radius 3 is 2.42 bits per heavy atom. The Bertz CT molecular complexity index is 464. The van der Waals surface area contributed by atoms with E-state index in [2.05, 4.69) is 5.10 Å². The van der Waals surface area contributed by atoms with Crippen LogP contribution in [0.4, 0.5) is 13.2 Å². The van der Waals surface area contributed by atoms with E-state index in [0.717, 1.165) is 16.9 Å². The Balaban J connectivity index is 1.98. The maximum absolute atomic E-state index is 12.3. The number of hydrogen-bond acceptors (Lipinski definition) is 4. The number of carbonyl (C=O) groups is 1. The fourth-order valence-corrected chi connectivity index (χ4v) is 1.81. The highest BCUT2D eigenvalue weighted by atomic mass is 19.4. The van der Waals surface area contributed by atoms with Crippen LogP contribution in [-0.2, 0) is 17.5 Å². The summed E-state index contributed by atoms with van der Waals surface area (Å²) >= 11 is 0. The van der Waals surface area contributed by atoms with Gasteiger partial charge in [-0.1, -0.05) is 0 Å². The summed E-state index contributed by atoms with van der Waals surface area (Å²) in [7, 11) is 0. The number of β-amino-alcohol motifs (C(OH)–C–C–N with tert-alkyl or cyclic N) is 2. The maximum Gasteiger partial charge on any atom is 0.435 e. The van der Waals surface area contributed by atoms with Crippen molar-refractivity contribution in [3.05, 3.63) is 18.0 Å². The van der Waals surface area contributed by atoms with Gasteiger partial charge >= 0.3 is 6.18 Å². The molecule has 9 heteroatoms. The van der Waals surface area contributed by atoms with Gasteiger partial charge in [-0.05, 0) is 6.07 Å². The summed E-state index contributed by atoms with van der Waals surface area (Å²) in [4.78, 5) is 12.9. The average molecular weight is 279 g/mol. The van der Waals surface area contributed by atoms with Crippen molar-refractivity contribution in [3.63, 3.8) is 0 Å². The van der Waals surface area contributed by atoms with Gasteiger partial charge in [0.2, 0.25) is 5.91 Å². The van der Waals surface area contributed by atoms with Crippen molar-refractivity contribution in [2.24, 2.45) is 0 Å². The van der Waals surface area contributed by atoms with Gasteiger partial charge in [0.1, 0.15) is 6.54 Å². The van der Waals surface area contributed by atoms with E-state index in [0.29, 0.717) is 0 Å². The zero-order valence-electron chi connectivity index (χ0n) is 9.71. The molecule has 0 bridgehead atoms. The monoisotopic (exact) mass is 279 g/mol. The highest BCUT2D eigenvalue weighted by Crippen LogP contribution is 2.27. The Labute approximate surface area is 106 Å². The molecule has 0 radical (unpaired) electrons. The van der Waals surface area contributed by atoms with Crippen LogP contribution in [0.3, 0.4) is 0 Å².